The van der Waals surface area contributed by atoms with Crippen molar-refractivity contribution in [2.75, 3.05) is 6.54 Å². The van der Waals surface area contributed by atoms with Gasteiger partial charge in [0.15, 0.2) is 0 Å². The molecule has 0 saturated heterocycles. The van der Waals surface area contributed by atoms with Crippen LogP contribution in [0.4, 0.5) is 5.69 Å². The van der Waals surface area contributed by atoms with Crippen molar-refractivity contribution in [3.8, 4) is 0 Å². The Morgan fingerprint density at radius 1 is 1.47 bits per heavy atom. The zero-order valence-corrected chi connectivity index (χ0v) is 11.8. The molecule has 8 heteroatoms. The van der Waals surface area contributed by atoms with Crippen LogP contribution in [0.25, 0.3) is 0 Å². The average Bonchev–Trinajstić information content (AvgIpc) is 3.13. The summed E-state index contributed by atoms with van der Waals surface area (Å²) in [6.45, 7) is 1.84. The van der Waals surface area contributed by atoms with Crippen molar-refractivity contribution in [2.45, 2.75) is 24.7 Å². The maximum atomic E-state index is 12.0. The first-order valence-corrected chi connectivity index (χ1v) is 7.61. The van der Waals surface area contributed by atoms with Crippen LogP contribution in [0.1, 0.15) is 18.4 Å². The third-order valence-electron chi connectivity index (χ3n) is 3.06. The Kier molecular flexibility index (Phi) is 3.80. The first-order chi connectivity index (χ1) is 8.81. The molecule has 0 unspecified atom stereocenters. The van der Waals surface area contributed by atoms with E-state index < -0.39 is 14.9 Å². The summed E-state index contributed by atoms with van der Waals surface area (Å²) in [5.74, 6) is 0.380. The minimum absolute atomic E-state index is 0.0704. The predicted molar refractivity (Wildman–Crippen MR) is 70.8 cm³/mol. The summed E-state index contributed by atoms with van der Waals surface area (Å²) in [5.41, 5.74) is -0.0351. The zero-order chi connectivity index (χ0) is 14.2. The molecule has 0 aliphatic heterocycles. The summed E-state index contributed by atoms with van der Waals surface area (Å²) in [6.07, 6.45) is 2.02. The number of hydrogen-bond donors (Lipinski definition) is 1. The molecule has 1 aliphatic carbocycles. The fourth-order valence-electron chi connectivity index (χ4n) is 1.62. The van der Waals surface area contributed by atoms with Crippen molar-refractivity contribution in [3.63, 3.8) is 0 Å². The lowest BCUT2D eigenvalue weighted by atomic mass is 10.2. The predicted octanol–water partition coefficient (Wildman–Crippen LogP) is 2.24. The van der Waals surface area contributed by atoms with Crippen LogP contribution in [0.5, 0.6) is 0 Å². The molecular formula is C11H13ClN2O4S. The van der Waals surface area contributed by atoms with Crippen molar-refractivity contribution in [1.29, 1.82) is 0 Å². The fourth-order valence-corrected chi connectivity index (χ4v) is 3.06. The number of nitro groups is 1. The van der Waals surface area contributed by atoms with Gasteiger partial charge in [0.1, 0.15) is 0 Å². The van der Waals surface area contributed by atoms with E-state index in [4.69, 9.17) is 11.6 Å². The van der Waals surface area contributed by atoms with Crippen LogP contribution in [-0.2, 0) is 10.0 Å². The molecule has 0 atom stereocenters. The van der Waals surface area contributed by atoms with Crippen LogP contribution >= 0.6 is 11.6 Å². The summed E-state index contributed by atoms with van der Waals surface area (Å²) < 4.78 is 26.5. The van der Waals surface area contributed by atoms with Gasteiger partial charge in [-0.05, 0) is 31.7 Å². The second-order valence-corrected chi connectivity index (χ2v) is 6.78. The minimum Gasteiger partial charge on any atom is -0.258 e. The van der Waals surface area contributed by atoms with Crippen molar-refractivity contribution in [2.24, 2.45) is 5.92 Å². The molecule has 6 nitrogen and oxygen atoms in total. The molecule has 1 aromatic carbocycles. The highest BCUT2D eigenvalue weighted by Crippen LogP contribution is 2.31. The Hall–Kier alpha value is -1.18. The molecule has 1 aromatic rings. The highest BCUT2D eigenvalue weighted by atomic mass is 35.5. The molecule has 0 spiro atoms. The Morgan fingerprint density at radius 3 is 2.63 bits per heavy atom. The molecule has 1 fully saturated rings. The van der Waals surface area contributed by atoms with E-state index in [1.165, 1.54) is 13.0 Å². The smallest absolute Gasteiger partial charge is 0.258 e. The number of rotatable bonds is 5. The molecule has 19 heavy (non-hydrogen) atoms. The van der Waals surface area contributed by atoms with Gasteiger partial charge in [0.2, 0.25) is 10.0 Å². The first-order valence-electron chi connectivity index (χ1n) is 5.75. The maximum absolute atomic E-state index is 12.0. The minimum atomic E-state index is -3.75. The summed E-state index contributed by atoms with van der Waals surface area (Å²) in [7, 11) is -3.75. The van der Waals surface area contributed by atoms with Crippen molar-refractivity contribution in [1.82, 2.24) is 4.72 Å². The van der Waals surface area contributed by atoms with Gasteiger partial charge in [-0.25, -0.2) is 13.1 Å². The first kappa shape index (κ1) is 14.2. The average molecular weight is 305 g/mol. The van der Waals surface area contributed by atoms with E-state index in [0.29, 0.717) is 12.5 Å². The summed E-state index contributed by atoms with van der Waals surface area (Å²) in [5, 5.41) is 10.9. The van der Waals surface area contributed by atoms with E-state index in [1.54, 1.807) is 0 Å². The van der Waals surface area contributed by atoms with Gasteiger partial charge in [-0.2, -0.15) is 0 Å². The van der Waals surface area contributed by atoms with Crippen LogP contribution in [0.3, 0.4) is 0 Å². The maximum Gasteiger partial charge on any atom is 0.275 e. The number of benzene rings is 1. The molecule has 0 amide bonds. The molecule has 0 bridgehead atoms. The second kappa shape index (κ2) is 5.07. The third-order valence-corrected chi connectivity index (χ3v) is 4.85. The van der Waals surface area contributed by atoms with Crippen LogP contribution in [0, 0.1) is 23.0 Å². The lowest BCUT2D eigenvalue weighted by Crippen LogP contribution is -2.26. The third kappa shape index (κ3) is 3.23. The molecule has 0 heterocycles. The number of nitro benzene ring substituents is 1. The monoisotopic (exact) mass is 304 g/mol. The molecule has 0 aromatic heterocycles. The van der Waals surface area contributed by atoms with Gasteiger partial charge in [0, 0.05) is 18.2 Å². The van der Waals surface area contributed by atoms with E-state index >= 15 is 0 Å². The van der Waals surface area contributed by atoms with Crippen LogP contribution in [0.2, 0.25) is 5.02 Å². The summed E-state index contributed by atoms with van der Waals surface area (Å²) in [6, 6.07) is 2.27. The van der Waals surface area contributed by atoms with Gasteiger partial charge in [-0.1, -0.05) is 11.6 Å². The van der Waals surface area contributed by atoms with Gasteiger partial charge in [-0.15, -0.1) is 0 Å². The molecular weight excluding hydrogens is 292 g/mol. The van der Waals surface area contributed by atoms with Crippen molar-refractivity contribution >= 4 is 27.3 Å². The molecule has 104 valence electrons. The Bertz CT molecular complexity index is 626. The molecule has 0 radical (unpaired) electrons. The highest BCUT2D eigenvalue weighted by molar-refractivity contribution is 7.89. The van der Waals surface area contributed by atoms with Gasteiger partial charge >= 0.3 is 0 Å². The fraction of sp³-hybridized carbons (Fsp3) is 0.455. The Labute approximate surface area is 116 Å². The normalized spacial score (nSPS) is 15.5. The highest BCUT2D eigenvalue weighted by Gasteiger charge is 2.26. The number of halogens is 1. The van der Waals surface area contributed by atoms with E-state index in [1.807, 2.05) is 0 Å². The van der Waals surface area contributed by atoms with Gasteiger partial charge in [0.05, 0.1) is 14.8 Å². The van der Waals surface area contributed by atoms with Gasteiger partial charge < -0.3 is 0 Å². The summed E-state index contributed by atoms with van der Waals surface area (Å²) >= 11 is 5.85. The van der Waals surface area contributed by atoms with Crippen LogP contribution in [0.15, 0.2) is 17.0 Å². The quantitative estimate of drug-likeness (QED) is 0.667. The molecule has 1 aliphatic rings. The van der Waals surface area contributed by atoms with Crippen molar-refractivity contribution < 1.29 is 13.3 Å². The number of nitrogens with zero attached hydrogens (tertiary/aromatic N) is 1. The van der Waals surface area contributed by atoms with Gasteiger partial charge in [0.25, 0.3) is 5.69 Å². The number of nitrogens with one attached hydrogen (secondary N) is 1. The standard InChI is InChI=1S/C11H13ClN2O4S/c1-7-10(12)4-9(5-11(7)14(15)16)19(17,18)13-6-8-2-3-8/h4-5,8,13H,2-3,6H2,1H3. The van der Waals surface area contributed by atoms with Gasteiger partial charge in [-0.3, -0.25) is 10.1 Å². The second-order valence-electron chi connectivity index (χ2n) is 4.60. The van der Waals surface area contributed by atoms with E-state index in [2.05, 4.69) is 4.72 Å². The summed E-state index contributed by atoms with van der Waals surface area (Å²) in [4.78, 5) is 10.1. The van der Waals surface area contributed by atoms with Crippen LogP contribution in [-0.4, -0.2) is 19.9 Å². The lowest BCUT2D eigenvalue weighted by molar-refractivity contribution is -0.385. The van der Waals surface area contributed by atoms with Crippen molar-refractivity contribution in [3.05, 3.63) is 32.8 Å². The van der Waals surface area contributed by atoms with Crippen LogP contribution < -0.4 is 4.72 Å². The molecule has 1 saturated carbocycles. The lowest BCUT2D eigenvalue weighted by Gasteiger charge is -2.08. The number of hydrogen-bond acceptors (Lipinski definition) is 4. The SMILES string of the molecule is Cc1c(Cl)cc(S(=O)(=O)NCC2CC2)cc1[N+](=O)[O-]. The Morgan fingerprint density at radius 2 is 2.11 bits per heavy atom. The van der Waals surface area contributed by atoms with E-state index in [9.17, 15) is 18.5 Å². The molecule has 2 rings (SSSR count). The topological polar surface area (TPSA) is 89.3 Å². The Balaban J connectivity index is 2.35. The largest absolute Gasteiger partial charge is 0.275 e. The number of sulfonamides is 1. The van der Waals surface area contributed by atoms with E-state index in [0.717, 1.165) is 18.9 Å². The zero-order valence-electron chi connectivity index (χ0n) is 10.2. The van der Waals surface area contributed by atoms with E-state index in [-0.39, 0.29) is 21.2 Å². The molecule has 1 N–H and O–H groups in total.